The Balaban J connectivity index is 1.80. The first-order valence-corrected chi connectivity index (χ1v) is 10.1. The quantitative estimate of drug-likeness (QED) is 0.686. The second-order valence-corrected chi connectivity index (χ2v) is 8.76. The van der Waals surface area contributed by atoms with Gasteiger partial charge in [0.25, 0.3) is 0 Å². The summed E-state index contributed by atoms with van der Waals surface area (Å²) in [4.78, 5) is 18.2. The molecule has 1 N–H and O–H groups in total. The van der Waals surface area contributed by atoms with Gasteiger partial charge < -0.3 is 14.8 Å². The number of allylic oxidation sites excluding steroid dienone is 2. The standard InChI is InChI=1S/C24H25N3O3/c1-24(2)12-17-21(19(28)13-24)22(15-10-9-14(29-3)11-20(15)30-4)27-18-8-6-5-7-16(18)25-23(27)26-17/h5-11,22H,12-13H2,1-4H3,(H,25,26)/t22-/m1/s1. The fraction of sp³-hybridized carbons (Fsp3) is 0.333. The Morgan fingerprint density at radius 2 is 1.90 bits per heavy atom. The van der Waals surface area contributed by atoms with Gasteiger partial charge in [0.05, 0.1) is 31.3 Å². The first-order chi connectivity index (χ1) is 14.4. The van der Waals surface area contributed by atoms with Gasteiger partial charge in [-0.15, -0.1) is 0 Å². The van der Waals surface area contributed by atoms with Crippen LogP contribution in [0.1, 0.15) is 38.3 Å². The molecule has 1 atom stereocenters. The monoisotopic (exact) mass is 403 g/mol. The number of ketones is 1. The zero-order valence-corrected chi connectivity index (χ0v) is 17.7. The average molecular weight is 403 g/mol. The molecule has 0 bridgehead atoms. The lowest BCUT2D eigenvalue weighted by molar-refractivity contribution is -0.118. The topological polar surface area (TPSA) is 65.4 Å². The average Bonchev–Trinajstić information content (AvgIpc) is 3.08. The summed E-state index contributed by atoms with van der Waals surface area (Å²) in [5.41, 5.74) is 4.46. The Bertz CT molecular complexity index is 1210. The molecule has 0 unspecified atom stereocenters. The van der Waals surface area contributed by atoms with E-state index in [9.17, 15) is 4.79 Å². The van der Waals surface area contributed by atoms with E-state index in [0.29, 0.717) is 17.9 Å². The first-order valence-electron chi connectivity index (χ1n) is 10.1. The number of methoxy groups -OCH3 is 2. The highest BCUT2D eigenvalue weighted by Crippen LogP contribution is 2.48. The summed E-state index contributed by atoms with van der Waals surface area (Å²) in [5.74, 6) is 2.32. The third kappa shape index (κ3) is 2.78. The number of hydrogen-bond donors (Lipinski definition) is 1. The van der Waals surface area contributed by atoms with Crippen molar-refractivity contribution < 1.29 is 14.3 Å². The Hall–Kier alpha value is -3.28. The number of nitrogens with zero attached hydrogens (tertiary/aromatic N) is 2. The Morgan fingerprint density at radius 1 is 1.10 bits per heavy atom. The van der Waals surface area contributed by atoms with Gasteiger partial charge in [-0.05, 0) is 36.1 Å². The van der Waals surface area contributed by atoms with Crippen LogP contribution in [0.4, 0.5) is 5.95 Å². The maximum Gasteiger partial charge on any atom is 0.209 e. The summed E-state index contributed by atoms with van der Waals surface area (Å²) in [7, 11) is 3.28. The lowest BCUT2D eigenvalue weighted by Gasteiger charge is -2.39. The van der Waals surface area contributed by atoms with Crippen LogP contribution in [0.2, 0.25) is 0 Å². The van der Waals surface area contributed by atoms with Crippen molar-refractivity contribution in [2.75, 3.05) is 19.5 Å². The number of carbonyl (C=O) groups is 1. The number of fused-ring (bicyclic) bond motifs is 3. The maximum absolute atomic E-state index is 13.4. The second-order valence-electron chi connectivity index (χ2n) is 8.76. The maximum atomic E-state index is 13.4. The summed E-state index contributed by atoms with van der Waals surface area (Å²) < 4.78 is 13.2. The smallest absolute Gasteiger partial charge is 0.209 e. The van der Waals surface area contributed by atoms with Gasteiger partial charge >= 0.3 is 0 Å². The largest absolute Gasteiger partial charge is 0.497 e. The third-order valence-corrected chi connectivity index (χ3v) is 6.05. The van der Waals surface area contributed by atoms with Crippen LogP contribution in [0.3, 0.4) is 0 Å². The molecule has 0 fully saturated rings. The van der Waals surface area contributed by atoms with Gasteiger partial charge in [0.15, 0.2) is 5.78 Å². The van der Waals surface area contributed by atoms with Crippen molar-refractivity contribution in [1.82, 2.24) is 9.55 Å². The Kier molecular flexibility index (Phi) is 4.13. The molecule has 2 heterocycles. The van der Waals surface area contributed by atoms with Crippen molar-refractivity contribution in [3.63, 3.8) is 0 Å². The van der Waals surface area contributed by atoms with Crippen LogP contribution >= 0.6 is 0 Å². The van der Waals surface area contributed by atoms with E-state index in [0.717, 1.165) is 40.2 Å². The zero-order chi connectivity index (χ0) is 21.0. The van der Waals surface area contributed by atoms with Gasteiger partial charge in [-0.25, -0.2) is 4.98 Å². The number of rotatable bonds is 3. The molecule has 2 aromatic carbocycles. The Morgan fingerprint density at radius 3 is 2.67 bits per heavy atom. The van der Waals surface area contributed by atoms with Gasteiger partial charge in [-0.2, -0.15) is 0 Å². The highest BCUT2D eigenvalue weighted by molar-refractivity contribution is 6.01. The van der Waals surface area contributed by atoms with Crippen LogP contribution in [0, 0.1) is 5.41 Å². The first kappa shape index (κ1) is 18.7. The minimum Gasteiger partial charge on any atom is -0.497 e. The van der Waals surface area contributed by atoms with Gasteiger partial charge in [0.2, 0.25) is 5.95 Å². The van der Waals surface area contributed by atoms with Gasteiger partial charge in [-0.1, -0.05) is 26.0 Å². The van der Waals surface area contributed by atoms with E-state index >= 15 is 0 Å². The number of hydrogen-bond acceptors (Lipinski definition) is 5. The normalized spacial score (nSPS) is 19.9. The highest BCUT2D eigenvalue weighted by atomic mass is 16.5. The molecule has 1 aliphatic carbocycles. The molecule has 2 aliphatic rings. The van der Waals surface area contributed by atoms with Crippen LogP contribution in [-0.2, 0) is 4.79 Å². The van der Waals surface area contributed by atoms with Crippen LogP contribution < -0.4 is 14.8 Å². The molecule has 6 heteroatoms. The number of imidazole rings is 1. The summed E-state index contributed by atoms with van der Waals surface area (Å²) in [5, 5.41) is 3.48. The molecule has 1 aromatic heterocycles. The number of anilines is 1. The van der Waals surface area contributed by atoms with E-state index in [2.05, 4.69) is 23.7 Å². The number of aromatic nitrogens is 2. The lowest BCUT2D eigenvalue weighted by Crippen LogP contribution is -2.36. The predicted molar refractivity (Wildman–Crippen MR) is 116 cm³/mol. The number of benzene rings is 2. The van der Waals surface area contributed by atoms with Crippen molar-refractivity contribution in [1.29, 1.82) is 0 Å². The molecule has 5 rings (SSSR count). The van der Waals surface area contributed by atoms with E-state index in [-0.39, 0.29) is 17.2 Å². The van der Waals surface area contributed by atoms with Crippen molar-refractivity contribution in [2.24, 2.45) is 5.41 Å². The predicted octanol–water partition coefficient (Wildman–Crippen LogP) is 4.71. The van der Waals surface area contributed by atoms with Crippen molar-refractivity contribution in [3.8, 4) is 11.5 Å². The van der Waals surface area contributed by atoms with E-state index < -0.39 is 0 Å². The van der Waals surface area contributed by atoms with E-state index in [1.165, 1.54) is 0 Å². The molecule has 3 aromatic rings. The SMILES string of the molecule is COc1ccc([C@@H]2C3=C(CC(C)(C)CC3=O)Nc3nc4ccccc4n32)c(OC)c1. The van der Waals surface area contributed by atoms with Gasteiger partial charge in [0.1, 0.15) is 11.5 Å². The van der Waals surface area contributed by atoms with E-state index in [1.54, 1.807) is 14.2 Å². The number of ether oxygens (including phenoxy) is 2. The van der Waals surface area contributed by atoms with E-state index in [1.807, 2.05) is 42.5 Å². The molecule has 30 heavy (non-hydrogen) atoms. The third-order valence-electron chi connectivity index (χ3n) is 6.05. The fourth-order valence-electron chi connectivity index (χ4n) is 4.76. The number of nitrogens with one attached hydrogen (secondary N) is 1. The number of carbonyl (C=O) groups excluding carboxylic acids is 1. The molecule has 154 valence electrons. The fourth-order valence-corrected chi connectivity index (χ4v) is 4.76. The summed E-state index contributed by atoms with van der Waals surface area (Å²) >= 11 is 0. The van der Waals surface area contributed by atoms with Crippen molar-refractivity contribution in [3.05, 3.63) is 59.3 Å². The van der Waals surface area contributed by atoms with Gasteiger partial charge in [-0.3, -0.25) is 9.36 Å². The molecule has 0 amide bonds. The summed E-state index contributed by atoms with van der Waals surface area (Å²) in [6.07, 6.45) is 1.32. The number of Topliss-reactive ketones (excluding diaryl/α,β-unsaturated/α-hetero) is 1. The van der Waals surface area contributed by atoms with Crippen LogP contribution in [0.25, 0.3) is 11.0 Å². The summed E-state index contributed by atoms with van der Waals surface area (Å²) in [6.45, 7) is 4.27. The Labute approximate surface area is 175 Å². The molecular formula is C24H25N3O3. The molecule has 1 aliphatic heterocycles. The molecule has 0 saturated heterocycles. The zero-order valence-electron chi connectivity index (χ0n) is 17.7. The van der Waals surface area contributed by atoms with Crippen molar-refractivity contribution in [2.45, 2.75) is 32.7 Å². The molecule has 6 nitrogen and oxygen atoms in total. The minimum atomic E-state index is -0.312. The molecule has 0 spiro atoms. The molecule has 0 radical (unpaired) electrons. The van der Waals surface area contributed by atoms with Crippen molar-refractivity contribution >= 4 is 22.8 Å². The second kappa shape index (κ2) is 6.62. The van der Waals surface area contributed by atoms with Gasteiger partial charge in [0, 0.05) is 29.3 Å². The molecule has 0 saturated carbocycles. The van der Waals surface area contributed by atoms with E-state index in [4.69, 9.17) is 14.5 Å². The van der Waals surface area contributed by atoms with Crippen LogP contribution in [0.15, 0.2) is 53.7 Å². The summed E-state index contributed by atoms with van der Waals surface area (Å²) in [6, 6.07) is 13.5. The lowest BCUT2D eigenvalue weighted by atomic mass is 9.73. The van der Waals surface area contributed by atoms with Crippen LogP contribution in [0.5, 0.6) is 11.5 Å². The highest BCUT2D eigenvalue weighted by Gasteiger charge is 2.42. The van der Waals surface area contributed by atoms with Crippen LogP contribution in [-0.4, -0.2) is 29.6 Å². The molecular weight excluding hydrogens is 378 g/mol. The number of para-hydroxylation sites is 2. The minimum absolute atomic E-state index is 0.0916.